The number of benzene rings is 8. The van der Waals surface area contributed by atoms with Gasteiger partial charge in [0.25, 0.3) is 0 Å². The molecule has 464 valence electrons. The number of hydrogen-bond acceptors (Lipinski definition) is 26. The largest absolute Gasteiger partial charge is 0.259 e. The van der Waals surface area contributed by atoms with Crippen molar-refractivity contribution in [3.8, 4) is 0 Å². The van der Waals surface area contributed by atoms with E-state index in [4.69, 9.17) is 25.2 Å². The molecule has 4 aliphatic rings. The smallest absolute Gasteiger partial charge is 0.144 e. The van der Waals surface area contributed by atoms with Crippen LogP contribution in [0.4, 0.5) is 8.78 Å². The first kappa shape index (κ1) is 55.5. The highest BCUT2D eigenvalue weighted by Crippen LogP contribution is 2.45. The monoisotopic (exact) mass is 1410 g/mol. The minimum Gasteiger partial charge on any atom is -0.259 e. The molecule has 8 aromatic carbocycles. The fourth-order valence-corrected chi connectivity index (χ4v) is 22.2. The molecule has 0 aliphatic carbocycles. The van der Waals surface area contributed by atoms with Crippen LogP contribution < -0.4 is 42.9 Å². The average Bonchev–Trinajstić information content (AvgIpc) is 1.53. The predicted octanol–water partition coefficient (Wildman–Crippen LogP) is 10.7. The maximum atomic E-state index is 14.5. The third-order valence-electron chi connectivity index (χ3n) is 18.1. The van der Waals surface area contributed by atoms with E-state index in [2.05, 4.69) is 113 Å². The molecule has 16 heterocycles. The van der Waals surface area contributed by atoms with Crippen molar-refractivity contribution in [3.63, 3.8) is 0 Å². The third kappa shape index (κ3) is 7.32. The maximum absolute atomic E-state index is 14.5. The van der Waals surface area contributed by atoms with Gasteiger partial charge in [-0.05, 0) is 58.6 Å². The van der Waals surface area contributed by atoms with Gasteiger partial charge < -0.3 is 0 Å². The molecule has 22 nitrogen and oxygen atoms in total. The SMILES string of the molecule is Cc1csc2c1c1c(c3c4scc(C)c4c4nn(C)nc4c23)=NCN=1.Cn1nc2c(n1)c1c3scc(F)c3c3c(c1c1scc(F)c21)=NCN=3.Cn1nc2c3ccsc3c3c4c(c5ccsc5c3c2n1)=NCN=4.Cn1nc2c3ncsc3c3c4c(c5ncsc5c3c2n1)=NCN=4. The fourth-order valence-electron chi connectivity index (χ4n) is 14.5. The van der Waals surface area contributed by atoms with E-state index in [-0.39, 0.29) is 18.3 Å². The second kappa shape index (κ2) is 19.9. The summed E-state index contributed by atoms with van der Waals surface area (Å²) in [6.07, 6.45) is 0. The molecule has 0 bridgehead atoms. The van der Waals surface area contributed by atoms with Crippen LogP contribution in [0.25, 0.3) is 168 Å². The van der Waals surface area contributed by atoms with Crippen molar-refractivity contribution in [2.45, 2.75) is 13.8 Å². The van der Waals surface area contributed by atoms with Gasteiger partial charge in [-0.3, -0.25) is 39.9 Å². The van der Waals surface area contributed by atoms with Crippen LogP contribution in [-0.4, -0.2) is 96.6 Å². The molecule has 0 amide bonds. The second-order valence-corrected chi connectivity index (χ2v) is 30.4. The van der Waals surface area contributed by atoms with Crippen LogP contribution in [-0.2, 0) is 28.2 Å². The number of hydrogen-bond donors (Lipinski definition) is 0. The van der Waals surface area contributed by atoms with E-state index in [0.29, 0.717) is 52.5 Å². The molecule has 0 saturated heterocycles. The zero-order valence-electron chi connectivity index (χ0n) is 50.5. The fraction of sp³-hybridized carbons (Fsp3) is 0.156. The van der Waals surface area contributed by atoms with Crippen molar-refractivity contribution < 1.29 is 8.78 Å². The molecule has 96 heavy (non-hydrogen) atoms. The average molecular weight is 1410 g/mol. The number of nitrogens with zero attached hydrogens (tertiary/aromatic N) is 22. The standard InChI is InChI=1S/C18H13N5S2.C16H7F2N5S2.C16H9N5S2.C14H7N7S2/c1-7-4-24-17-9(7)13-14(20-6-19-13)11-12(17)16-15(21-23(3)22-16)10-8(2)5-25-18(10)11;1-23-21-13-8-6(18)3-25-16(8)9-10(14(13)22-23)15-7(5(17)2-24-15)11-12(9)20-4-19-11;1-21-19-12-8-3-5-23-16(8)9-10(14(12)20-21)15-7(2-4-22-15)11-13(9)18-6-17-11;1-21-19-8-6-5(13-12(10(8)20-21)18-4-22-13)7-9(16-2-15-7)11-14(6)23-3-17-11/h4-5H,6H2,1-3H3;2-3H,4H2,1H3;2-5H,6H2,1H3;3-4H,2H2,1H3. The maximum Gasteiger partial charge on any atom is 0.144 e. The highest BCUT2D eigenvalue weighted by atomic mass is 32.1. The van der Waals surface area contributed by atoms with Gasteiger partial charge in [-0.2, -0.15) is 60.0 Å². The quantitative estimate of drug-likeness (QED) is 0.139. The molecule has 0 fully saturated rings. The molecule has 24 rings (SSSR count). The van der Waals surface area contributed by atoms with Crippen LogP contribution in [0.3, 0.4) is 0 Å². The van der Waals surface area contributed by atoms with Crippen molar-refractivity contribution in [1.82, 2.24) is 69.9 Å². The summed E-state index contributed by atoms with van der Waals surface area (Å²) in [6.45, 7) is 6.05. The van der Waals surface area contributed by atoms with Crippen LogP contribution in [0.5, 0.6) is 0 Å². The Morgan fingerprint density at radius 1 is 0.292 bits per heavy atom. The Balaban J connectivity index is 0.0000000850. The van der Waals surface area contributed by atoms with E-state index >= 15 is 0 Å². The lowest BCUT2D eigenvalue weighted by Crippen LogP contribution is -2.24. The molecule has 0 radical (unpaired) electrons. The van der Waals surface area contributed by atoms with Crippen molar-refractivity contribution in [3.05, 3.63) is 121 Å². The Labute approximate surface area is 562 Å². The lowest BCUT2D eigenvalue weighted by molar-refractivity contribution is 0.643. The van der Waals surface area contributed by atoms with Gasteiger partial charge >= 0.3 is 0 Å². The van der Waals surface area contributed by atoms with Crippen molar-refractivity contribution >= 4 is 259 Å². The zero-order chi connectivity index (χ0) is 64.0. The Morgan fingerprint density at radius 2 is 0.646 bits per heavy atom. The minimum atomic E-state index is -0.325. The van der Waals surface area contributed by atoms with Crippen molar-refractivity contribution in [1.29, 1.82) is 0 Å². The molecule has 0 atom stereocenters. The first-order valence-electron chi connectivity index (χ1n) is 29.8. The van der Waals surface area contributed by atoms with Gasteiger partial charge in [0.05, 0.1) is 68.7 Å². The zero-order valence-corrected chi connectivity index (χ0v) is 57.0. The van der Waals surface area contributed by atoms with Gasteiger partial charge in [-0.15, -0.1) is 90.7 Å². The molecule has 0 saturated carbocycles. The Bertz CT molecular complexity index is 7170. The Hall–Kier alpha value is -9.80. The molecule has 32 heteroatoms. The molecular weight excluding hydrogens is 1370 g/mol. The lowest BCUT2D eigenvalue weighted by atomic mass is 10.0. The number of rotatable bonds is 0. The van der Waals surface area contributed by atoms with E-state index in [0.717, 1.165) is 122 Å². The Kier molecular flexibility index (Phi) is 11.5. The summed E-state index contributed by atoms with van der Waals surface area (Å²) in [5.74, 6) is -0.637. The van der Waals surface area contributed by atoms with Gasteiger partial charge in [-0.25, -0.2) is 18.7 Å². The number of aryl methyl sites for hydroxylation is 6. The first-order chi connectivity index (χ1) is 46.9. The summed E-state index contributed by atoms with van der Waals surface area (Å²) in [6, 6.07) is 4.27. The van der Waals surface area contributed by atoms with E-state index in [1.54, 1.807) is 89.5 Å². The van der Waals surface area contributed by atoms with E-state index in [1.807, 2.05) is 32.2 Å². The lowest BCUT2D eigenvalue weighted by Gasteiger charge is -2.05. The minimum absolute atomic E-state index is 0.257. The van der Waals surface area contributed by atoms with Crippen LogP contribution in [0.2, 0.25) is 0 Å². The van der Waals surface area contributed by atoms with Crippen LogP contribution >= 0.6 is 90.7 Å². The summed E-state index contributed by atoms with van der Waals surface area (Å²) in [5, 5.41) is 69.6. The molecule has 12 aromatic heterocycles. The van der Waals surface area contributed by atoms with Crippen molar-refractivity contribution in [2.24, 2.45) is 68.1 Å². The molecule has 0 unspecified atom stereocenters. The number of aromatic nitrogens is 14. The van der Waals surface area contributed by atoms with E-state index in [9.17, 15) is 8.78 Å². The first-order valence-corrected chi connectivity index (χ1v) is 36.8. The normalized spacial score (nSPS) is 13.9. The summed E-state index contributed by atoms with van der Waals surface area (Å²) in [7, 11) is 7.30. The predicted molar refractivity (Wildman–Crippen MR) is 381 cm³/mol. The van der Waals surface area contributed by atoms with Crippen LogP contribution in [0.15, 0.2) is 95.4 Å². The van der Waals surface area contributed by atoms with Gasteiger partial charge in [0.1, 0.15) is 98.8 Å². The highest BCUT2D eigenvalue weighted by molar-refractivity contribution is 7.22. The molecule has 0 spiro atoms. The Morgan fingerprint density at radius 3 is 1.27 bits per heavy atom. The van der Waals surface area contributed by atoms with Gasteiger partial charge in [-0.1, -0.05) is 0 Å². The van der Waals surface area contributed by atoms with Gasteiger partial charge in [0.15, 0.2) is 0 Å². The summed E-state index contributed by atoms with van der Waals surface area (Å²) >= 11 is 12.9. The van der Waals surface area contributed by atoms with Crippen molar-refractivity contribution in [2.75, 3.05) is 26.7 Å². The third-order valence-corrected chi connectivity index (χ3v) is 25.8. The second-order valence-electron chi connectivity index (χ2n) is 23.4. The topological polar surface area (TPSA) is 248 Å². The number of fused-ring (bicyclic) bond motifs is 44. The summed E-state index contributed by atoms with van der Waals surface area (Å²) in [4.78, 5) is 52.2. The summed E-state index contributed by atoms with van der Waals surface area (Å²) in [5.41, 5.74) is 14.7. The van der Waals surface area contributed by atoms with Crippen LogP contribution in [0.1, 0.15) is 11.1 Å². The number of thiophene rings is 6. The summed E-state index contributed by atoms with van der Waals surface area (Å²) < 4.78 is 37.7. The highest BCUT2D eigenvalue weighted by Gasteiger charge is 2.28. The van der Waals surface area contributed by atoms with Gasteiger partial charge in [0, 0.05) is 132 Å². The number of halogens is 2. The van der Waals surface area contributed by atoms with E-state index in [1.165, 1.54) is 106 Å². The van der Waals surface area contributed by atoms with E-state index < -0.39 is 0 Å². The molecular formula is C64H36F2N22S8. The number of thiazole rings is 2. The molecule has 0 N–H and O–H groups in total. The molecule has 4 aliphatic heterocycles. The molecule has 20 aromatic rings. The van der Waals surface area contributed by atoms with Crippen LogP contribution in [0, 0.1) is 25.5 Å². The van der Waals surface area contributed by atoms with Gasteiger partial charge in [0.2, 0.25) is 0 Å².